The first kappa shape index (κ1) is 17.7. The van der Waals surface area contributed by atoms with E-state index in [0.29, 0.717) is 6.42 Å². The average Bonchev–Trinajstić information content (AvgIpc) is 2.28. The lowest BCUT2D eigenvalue weighted by molar-refractivity contribution is -0.136. The maximum absolute atomic E-state index is 10.3. The Morgan fingerprint density at radius 1 is 0.842 bits per heavy atom. The summed E-state index contributed by atoms with van der Waals surface area (Å²) in [7, 11) is 0. The van der Waals surface area contributed by atoms with Gasteiger partial charge in [-0.1, -0.05) is 57.2 Å². The fourth-order valence-corrected chi connectivity index (χ4v) is 1.50. The molecule has 0 aliphatic heterocycles. The smallest absolute Gasteiger partial charge is 0.303 e. The first-order valence-electron chi connectivity index (χ1n) is 7.11. The Bertz CT molecular complexity index is 317. The van der Waals surface area contributed by atoms with Gasteiger partial charge in [-0.15, -0.1) is 0 Å². The van der Waals surface area contributed by atoms with Crippen LogP contribution in [-0.4, -0.2) is 11.1 Å². The first-order valence-corrected chi connectivity index (χ1v) is 7.11. The molecule has 0 fully saturated rings. The van der Waals surface area contributed by atoms with Crippen LogP contribution in [0.25, 0.3) is 0 Å². The molecule has 0 rings (SSSR count). The van der Waals surface area contributed by atoms with E-state index >= 15 is 0 Å². The van der Waals surface area contributed by atoms with Crippen LogP contribution in [-0.2, 0) is 4.79 Å². The highest BCUT2D eigenvalue weighted by Crippen LogP contribution is 2.15. The van der Waals surface area contributed by atoms with Gasteiger partial charge in [-0.25, -0.2) is 0 Å². The number of unbranched alkanes of at least 4 members (excludes halogenated alkanes) is 2. The van der Waals surface area contributed by atoms with E-state index in [1.54, 1.807) is 0 Å². The van der Waals surface area contributed by atoms with Crippen molar-refractivity contribution in [2.75, 3.05) is 0 Å². The number of carbonyl (C=O) groups is 1. The van der Waals surface area contributed by atoms with E-state index < -0.39 is 5.97 Å². The third-order valence-electron chi connectivity index (χ3n) is 2.48. The molecule has 2 nitrogen and oxygen atoms in total. The van der Waals surface area contributed by atoms with E-state index in [4.69, 9.17) is 5.11 Å². The van der Waals surface area contributed by atoms with Crippen LogP contribution in [0.15, 0.2) is 36.5 Å². The van der Waals surface area contributed by atoms with Gasteiger partial charge in [0, 0.05) is 6.42 Å². The Morgan fingerprint density at radius 2 is 1.26 bits per heavy atom. The van der Waals surface area contributed by atoms with Gasteiger partial charge in [0.15, 0.2) is 0 Å². The third-order valence-corrected chi connectivity index (χ3v) is 2.48. The van der Waals surface area contributed by atoms with Gasteiger partial charge in [0.1, 0.15) is 0 Å². The summed E-state index contributed by atoms with van der Waals surface area (Å²) >= 11 is 0. The fourth-order valence-electron chi connectivity index (χ4n) is 1.50. The van der Waals surface area contributed by atoms with Crippen molar-refractivity contribution in [2.24, 2.45) is 5.41 Å². The van der Waals surface area contributed by atoms with Crippen molar-refractivity contribution in [1.82, 2.24) is 0 Å². The zero-order valence-corrected chi connectivity index (χ0v) is 12.6. The second-order valence-corrected chi connectivity index (χ2v) is 5.80. The number of hydrogen-bond acceptors (Lipinski definition) is 1. The fraction of sp³-hybridized carbons (Fsp3) is 0.588. The summed E-state index contributed by atoms with van der Waals surface area (Å²) in [6.07, 6.45) is 18.0. The predicted octanol–water partition coefficient (Wildman–Crippen LogP) is 5.13. The van der Waals surface area contributed by atoms with Crippen LogP contribution in [0, 0.1) is 5.41 Å². The van der Waals surface area contributed by atoms with E-state index in [2.05, 4.69) is 51.2 Å². The summed E-state index contributed by atoms with van der Waals surface area (Å²) in [6.45, 7) is 6.61. The van der Waals surface area contributed by atoms with Crippen LogP contribution in [0.2, 0.25) is 0 Å². The topological polar surface area (TPSA) is 37.3 Å². The van der Waals surface area contributed by atoms with Gasteiger partial charge >= 0.3 is 5.97 Å². The molecule has 1 N–H and O–H groups in total. The molecule has 0 heterocycles. The van der Waals surface area contributed by atoms with E-state index in [9.17, 15) is 4.79 Å². The van der Waals surface area contributed by atoms with Crippen molar-refractivity contribution in [2.45, 2.75) is 59.3 Å². The van der Waals surface area contributed by atoms with Crippen molar-refractivity contribution >= 4 is 5.97 Å². The molecule has 0 radical (unpaired) electrons. The molecule has 0 aliphatic carbocycles. The van der Waals surface area contributed by atoms with Crippen LogP contribution >= 0.6 is 0 Å². The molecule has 0 saturated heterocycles. The molecule has 0 unspecified atom stereocenters. The van der Waals surface area contributed by atoms with Gasteiger partial charge in [0.05, 0.1) is 0 Å². The van der Waals surface area contributed by atoms with Crippen LogP contribution in [0.1, 0.15) is 59.3 Å². The Hall–Kier alpha value is -1.31. The van der Waals surface area contributed by atoms with E-state index in [-0.39, 0.29) is 11.8 Å². The van der Waals surface area contributed by atoms with Crippen molar-refractivity contribution in [3.05, 3.63) is 36.5 Å². The summed E-state index contributed by atoms with van der Waals surface area (Å²) < 4.78 is 0. The predicted molar refractivity (Wildman–Crippen MR) is 82.2 cm³/mol. The molecule has 0 aliphatic rings. The first-order chi connectivity index (χ1) is 8.92. The minimum Gasteiger partial charge on any atom is -0.481 e. The minimum absolute atomic E-state index is 0.229. The molecule has 0 spiro atoms. The standard InChI is InChI=1S/C17H28O2/c1-17(2,3)15-13-11-9-7-5-4-6-8-10-12-14-16(18)19/h5,7-8,10,13,15H,4,6,9,11-12,14H2,1-3H3,(H,18,19). The van der Waals surface area contributed by atoms with Crippen LogP contribution in [0.5, 0.6) is 0 Å². The molecular formula is C17H28O2. The molecule has 2 heteroatoms. The molecular weight excluding hydrogens is 236 g/mol. The summed E-state index contributed by atoms with van der Waals surface area (Å²) in [4.78, 5) is 10.3. The normalized spacial score (nSPS) is 13.0. The summed E-state index contributed by atoms with van der Waals surface area (Å²) in [5.41, 5.74) is 0.282. The van der Waals surface area contributed by atoms with Crippen molar-refractivity contribution in [3.8, 4) is 0 Å². The van der Waals surface area contributed by atoms with Gasteiger partial charge in [-0.2, -0.15) is 0 Å². The lowest BCUT2D eigenvalue weighted by atomic mass is 9.96. The average molecular weight is 264 g/mol. The SMILES string of the molecule is CC(C)(C)C=CCCC=CCCC=CCCC(=O)O. The zero-order valence-electron chi connectivity index (χ0n) is 12.6. The Kier molecular flexibility index (Phi) is 9.87. The monoisotopic (exact) mass is 264 g/mol. The van der Waals surface area contributed by atoms with Gasteiger partial charge < -0.3 is 5.11 Å². The Balaban J connectivity index is 3.45. The van der Waals surface area contributed by atoms with Gasteiger partial charge in [-0.05, 0) is 37.5 Å². The minimum atomic E-state index is -0.729. The van der Waals surface area contributed by atoms with Gasteiger partial charge in [-0.3, -0.25) is 4.79 Å². The number of hydrogen-bond donors (Lipinski definition) is 1. The molecule has 0 aromatic rings. The van der Waals surface area contributed by atoms with Gasteiger partial charge in [0.25, 0.3) is 0 Å². The summed E-state index contributed by atoms with van der Waals surface area (Å²) in [5, 5.41) is 8.46. The lowest BCUT2D eigenvalue weighted by Gasteiger charge is -2.10. The molecule has 108 valence electrons. The molecule has 0 saturated carbocycles. The van der Waals surface area contributed by atoms with E-state index in [1.165, 1.54) is 0 Å². The van der Waals surface area contributed by atoms with Crippen molar-refractivity contribution < 1.29 is 9.90 Å². The van der Waals surface area contributed by atoms with Gasteiger partial charge in [0.2, 0.25) is 0 Å². The molecule has 19 heavy (non-hydrogen) atoms. The second-order valence-electron chi connectivity index (χ2n) is 5.80. The van der Waals surface area contributed by atoms with Crippen molar-refractivity contribution in [3.63, 3.8) is 0 Å². The second kappa shape index (κ2) is 10.6. The van der Waals surface area contributed by atoms with E-state index in [0.717, 1.165) is 25.7 Å². The highest BCUT2D eigenvalue weighted by molar-refractivity contribution is 5.66. The number of aliphatic carboxylic acids is 1. The lowest BCUT2D eigenvalue weighted by Crippen LogP contribution is -1.97. The molecule has 0 aromatic heterocycles. The molecule has 0 bridgehead atoms. The summed E-state index contributed by atoms with van der Waals surface area (Å²) in [6, 6.07) is 0. The highest BCUT2D eigenvalue weighted by Gasteiger charge is 2.01. The summed E-state index contributed by atoms with van der Waals surface area (Å²) in [5.74, 6) is -0.729. The molecule has 0 atom stereocenters. The molecule has 0 amide bonds. The molecule has 0 aromatic carbocycles. The van der Waals surface area contributed by atoms with Crippen LogP contribution in [0.4, 0.5) is 0 Å². The maximum Gasteiger partial charge on any atom is 0.303 e. The maximum atomic E-state index is 10.3. The third kappa shape index (κ3) is 16.7. The highest BCUT2D eigenvalue weighted by atomic mass is 16.4. The van der Waals surface area contributed by atoms with E-state index in [1.807, 2.05) is 6.08 Å². The Morgan fingerprint density at radius 3 is 1.68 bits per heavy atom. The number of rotatable bonds is 9. The van der Waals surface area contributed by atoms with Crippen LogP contribution in [0.3, 0.4) is 0 Å². The Labute approximate surface area is 117 Å². The quantitative estimate of drug-likeness (QED) is 0.463. The number of carboxylic acid groups (broad SMARTS) is 1. The van der Waals surface area contributed by atoms with Crippen LogP contribution < -0.4 is 0 Å². The zero-order chi connectivity index (χ0) is 14.6. The number of allylic oxidation sites excluding steroid dienone is 6. The van der Waals surface area contributed by atoms with Crippen molar-refractivity contribution in [1.29, 1.82) is 0 Å². The largest absolute Gasteiger partial charge is 0.481 e. The number of carboxylic acids is 1.